The minimum absolute atomic E-state index is 0.0467. The Labute approximate surface area is 158 Å². The minimum Gasteiger partial charge on any atom is -0.494 e. The van der Waals surface area contributed by atoms with Gasteiger partial charge in [-0.2, -0.15) is 0 Å². The van der Waals surface area contributed by atoms with Crippen LogP contribution in [-0.2, 0) is 10.6 Å². The van der Waals surface area contributed by atoms with Gasteiger partial charge in [-0.25, -0.2) is 9.18 Å². The predicted molar refractivity (Wildman–Crippen MR) is 102 cm³/mol. The van der Waals surface area contributed by atoms with Gasteiger partial charge in [0.15, 0.2) is 5.75 Å². The van der Waals surface area contributed by atoms with Crippen LogP contribution in [0.5, 0.6) is 5.75 Å². The van der Waals surface area contributed by atoms with Gasteiger partial charge in [0.2, 0.25) is 5.43 Å². The van der Waals surface area contributed by atoms with E-state index in [1.807, 2.05) is 18.2 Å². The van der Waals surface area contributed by atoms with Gasteiger partial charge in [-0.1, -0.05) is 42.1 Å². The number of nitrogens with zero attached hydrogens (tertiary/aromatic N) is 1. The summed E-state index contributed by atoms with van der Waals surface area (Å²) in [6, 6.07) is 10.2. The van der Waals surface area contributed by atoms with Crippen molar-refractivity contribution in [2.75, 3.05) is 13.7 Å². The van der Waals surface area contributed by atoms with Gasteiger partial charge < -0.3 is 14.0 Å². The number of thioether (sulfide) groups is 1. The summed E-state index contributed by atoms with van der Waals surface area (Å²) in [7, 11) is 1.45. The molecule has 0 saturated carbocycles. The molecule has 5 nitrogen and oxygen atoms in total. The largest absolute Gasteiger partial charge is 0.494 e. The van der Waals surface area contributed by atoms with Crippen molar-refractivity contribution in [3.05, 3.63) is 58.0 Å². The lowest BCUT2D eigenvalue weighted by Crippen LogP contribution is -2.27. The summed E-state index contributed by atoms with van der Waals surface area (Å²) in [5, 5.41) is 0.631. The summed E-state index contributed by atoms with van der Waals surface area (Å²) in [6.45, 7) is 1.83. The molecule has 0 aliphatic carbocycles. The number of pyridine rings is 1. The van der Waals surface area contributed by atoms with Crippen molar-refractivity contribution in [1.82, 2.24) is 4.57 Å². The zero-order valence-corrected chi connectivity index (χ0v) is 15.6. The summed E-state index contributed by atoms with van der Waals surface area (Å²) in [6.07, 6.45) is 0. The van der Waals surface area contributed by atoms with Crippen molar-refractivity contribution < 1.29 is 18.7 Å². The molecule has 1 aromatic heterocycles. The van der Waals surface area contributed by atoms with Gasteiger partial charge in [0.25, 0.3) is 0 Å². The summed E-state index contributed by atoms with van der Waals surface area (Å²) < 4.78 is 27.4. The topological polar surface area (TPSA) is 57.5 Å². The molecule has 2 aromatic carbocycles. The first kappa shape index (κ1) is 17.6. The minimum atomic E-state index is -0.688. The lowest BCUT2D eigenvalue weighted by molar-refractivity contribution is 0.0518. The zero-order valence-electron chi connectivity index (χ0n) is 14.7. The molecule has 0 N–H and O–H groups in total. The third-order valence-electron chi connectivity index (χ3n) is 4.48. The molecule has 0 bridgehead atoms. The predicted octanol–water partition coefficient (Wildman–Crippen LogP) is 4.06. The molecule has 0 atom stereocenters. The molecule has 0 spiro atoms. The van der Waals surface area contributed by atoms with Crippen LogP contribution < -0.4 is 10.2 Å². The van der Waals surface area contributed by atoms with E-state index < -0.39 is 17.2 Å². The fourth-order valence-electron chi connectivity index (χ4n) is 3.31. The van der Waals surface area contributed by atoms with Crippen LogP contribution in [-0.4, -0.2) is 24.3 Å². The van der Waals surface area contributed by atoms with Crippen LogP contribution in [0.25, 0.3) is 22.0 Å². The Morgan fingerprint density at radius 3 is 2.63 bits per heavy atom. The van der Waals surface area contributed by atoms with E-state index in [-0.39, 0.29) is 23.3 Å². The fraction of sp³-hybridized carbons (Fsp3) is 0.200. The highest BCUT2D eigenvalue weighted by atomic mass is 32.2. The molecule has 7 heteroatoms. The lowest BCUT2D eigenvalue weighted by atomic mass is 10.00. The summed E-state index contributed by atoms with van der Waals surface area (Å²) in [5.74, 6) is -0.448. The van der Waals surface area contributed by atoms with Crippen molar-refractivity contribution in [2.24, 2.45) is 0 Å². The molecule has 2 heterocycles. The first-order chi connectivity index (χ1) is 13.1. The Morgan fingerprint density at radius 1 is 1.30 bits per heavy atom. The van der Waals surface area contributed by atoms with Gasteiger partial charge in [-0.3, -0.25) is 4.79 Å². The molecule has 3 aromatic rings. The van der Waals surface area contributed by atoms with Gasteiger partial charge >= 0.3 is 5.97 Å². The molecular formula is C20H16FNO4S. The summed E-state index contributed by atoms with van der Waals surface area (Å²) in [4.78, 5) is 25.2. The van der Waals surface area contributed by atoms with E-state index in [4.69, 9.17) is 9.47 Å². The number of methoxy groups -OCH3 is 1. The van der Waals surface area contributed by atoms with Crippen LogP contribution >= 0.6 is 11.8 Å². The number of esters is 1. The molecule has 4 rings (SSSR count). The number of aromatic nitrogens is 1. The number of ether oxygens (including phenoxy) is 2. The van der Waals surface area contributed by atoms with E-state index in [2.05, 4.69) is 0 Å². The fourth-order valence-corrected chi connectivity index (χ4v) is 4.24. The molecule has 1 aliphatic heterocycles. The molecule has 27 heavy (non-hydrogen) atoms. The highest BCUT2D eigenvalue weighted by Gasteiger charge is 2.32. The second-order valence-electron chi connectivity index (χ2n) is 5.96. The van der Waals surface area contributed by atoms with Crippen LogP contribution in [0, 0.1) is 5.82 Å². The standard InChI is InChI=1S/C20H16FNO4S/c1-3-26-20(24)15-17(23)12-9-13(21)14(11-7-5-4-6-8-11)18(25-2)16(12)22-10-27-19(15)22/h4-9H,3,10H2,1-2H3. The maximum absolute atomic E-state index is 15.0. The van der Waals surface area contributed by atoms with Crippen LogP contribution in [0.4, 0.5) is 4.39 Å². The smallest absolute Gasteiger partial charge is 0.344 e. The van der Waals surface area contributed by atoms with E-state index >= 15 is 4.39 Å². The molecule has 0 fully saturated rings. The lowest BCUT2D eigenvalue weighted by Gasteiger charge is -2.28. The Kier molecular flexibility index (Phi) is 4.39. The van der Waals surface area contributed by atoms with Gasteiger partial charge in [-0.05, 0) is 18.6 Å². The number of halogens is 1. The van der Waals surface area contributed by atoms with Gasteiger partial charge in [0, 0.05) is 0 Å². The highest BCUT2D eigenvalue weighted by molar-refractivity contribution is 7.99. The number of rotatable bonds is 4. The van der Waals surface area contributed by atoms with Crippen LogP contribution in [0.1, 0.15) is 17.3 Å². The van der Waals surface area contributed by atoms with Gasteiger partial charge in [0.05, 0.1) is 41.1 Å². The van der Waals surface area contributed by atoms with Crippen molar-refractivity contribution >= 4 is 28.6 Å². The van der Waals surface area contributed by atoms with Crippen LogP contribution in [0.3, 0.4) is 0 Å². The zero-order chi connectivity index (χ0) is 19.1. The summed E-state index contributed by atoms with van der Waals surface area (Å²) in [5.41, 5.74) is 0.843. The maximum atomic E-state index is 15.0. The molecule has 1 aliphatic rings. The second-order valence-corrected chi connectivity index (χ2v) is 6.89. The van der Waals surface area contributed by atoms with E-state index in [9.17, 15) is 9.59 Å². The maximum Gasteiger partial charge on any atom is 0.344 e. The van der Waals surface area contributed by atoms with Gasteiger partial charge in [-0.15, -0.1) is 0 Å². The van der Waals surface area contributed by atoms with E-state index in [1.165, 1.54) is 24.9 Å². The molecular weight excluding hydrogens is 369 g/mol. The average Bonchev–Trinajstić information content (AvgIpc) is 2.65. The quantitative estimate of drug-likeness (QED) is 0.634. The monoisotopic (exact) mass is 385 g/mol. The molecule has 0 unspecified atom stereocenters. The van der Waals surface area contributed by atoms with Crippen LogP contribution in [0.2, 0.25) is 0 Å². The number of hydrogen-bond donors (Lipinski definition) is 0. The van der Waals surface area contributed by atoms with Crippen molar-refractivity contribution in [3.63, 3.8) is 0 Å². The second kappa shape index (κ2) is 6.74. The number of carbonyl (C=O) groups is 1. The first-order valence-electron chi connectivity index (χ1n) is 8.40. The van der Waals surface area contributed by atoms with Crippen molar-refractivity contribution in [3.8, 4) is 16.9 Å². The number of benzene rings is 2. The Balaban J connectivity index is 2.10. The number of carbonyl (C=O) groups excluding carboxylic acids is 1. The number of fused-ring (bicyclic) bond motifs is 3. The average molecular weight is 385 g/mol. The van der Waals surface area contributed by atoms with Crippen molar-refractivity contribution in [2.45, 2.75) is 17.8 Å². The Hall–Kier alpha value is -2.80. The molecule has 0 amide bonds. The van der Waals surface area contributed by atoms with E-state index in [1.54, 1.807) is 23.6 Å². The highest BCUT2D eigenvalue weighted by Crippen LogP contribution is 2.44. The summed E-state index contributed by atoms with van der Waals surface area (Å²) >= 11 is 1.38. The van der Waals surface area contributed by atoms with Crippen molar-refractivity contribution in [1.29, 1.82) is 0 Å². The SMILES string of the molecule is CCOC(=O)c1c2n(c3c(OC)c(-c4ccccc4)c(F)cc3c1=O)CS2. The Morgan fingerprint density at radius 2 is 2.04 bits per heavy atom. The van der Waals surface area contributed by atoms with Gasteiger partial charge in [0.1, 0.15) is 11.4 Å². The third-order valence-corrected chi connectivity index (χ3v) is 5.57. The van der Waals surface area contributed by atoms with Crippen LogP contribution in [0.15, 0.2) is 46.2 Å². The molecule has 0 radical (unpaired) electrons. The molecule has 138 valence electrons. The Bertz CT molecular complexity index is 1120. The number of hydrogen-bond acceptors (Lipinski definition) is 5. The molecule has 0 saturated heterocycles. The van der Waals surface area contributed by atoms with E-state index in [0.29, 0.717) is 27.5 Å². The third kappa shape index (κ3) is 2.61. The first-order valence-corrected chi connectivity index (χ1v) is 9.39. The van der Waals surface area contributed by atoms with E-state index in [0.717, 1.165) is 0 Å². The normalized spacial score (nSPS) is 12.4.